The summed E-state index contributed by atoms with van der Waals surface area (Å²) in [6.07, 6.45) is 0. The number of carbonyl (C=O) groups is 1. The summed E-state index contributed by atoms with van der Waals surface area (Å²) in [5.41, 5.74) is 1.04. The first kappa shape index (κ1) is 15.0. The summed E-state index contributed by atoms with van der Waals surface area (Å²) in [6, 6.07) is 13.0. The Balaban J connectivity index is 2.00. The Hall–Kier alpha value is -2.38. The molecule has 6 nitrogen and oxygen atoms in total. The molecule has 0 aliphatic rings. The summed E-state index contributed by atoms with van der Waals surface area (Å²) in [4.78, 5) is 21.8. The molecule has 108 valence electrons. The van der Waals surface area contributed by atoms with E-state index in [-0.39, 0.29) is 11.3 Å². The number of nitrogens with zero attached hydrogens (tertiary/aromatic N) is 1. The van der Waals surface area contributed by atoms with Crippen molar-refractivity contribution >= 4 is 23.6 Å². The molecule has 2 N–H and O–H groups in total. The standard InChI is InChI=1S/C14H12N2O4S/c17-14(18)11-5-3-4-10(8-11)9-15-21-13-7-2-1-6-12(13)16(19)20/h1-8,15H,9H2,(H,17,18). The molecule has 0 heterocycles. The number of carboxylic acids is 1. The number of rotatable bonds is 6. The fraction of sp³-hybridized carbons (Fsp3) is 0.0714. The minimum Gasteiger partial charge on any atom is -0.478 e. The van der Waals surface area contributed by atoms with Gasteiger partial charge in [-0.1, -0.05) is 24.3 Å². The highest BCUT2D eigenvalue weighted by molar-refractivity contribution is 7.97. The molecule has 0 bridgehead atoms. The molecule has 2 aromatic carbocycles. The maximum atomic E-state index is 10.9. The number of carboxylic acid groups (broad SMARTS) is 1. The summed E-state index contributed by atoms with van der Waals surface area (Å²) < 4.78 is 3.00. The Morgan fingerprint density at radius 1 is 1.24 bits per heavy atom. The molecule has 0 aliphatic heterocycles. The van der Waals surface area contributed by atoms with Crippen LogP contribution < -0.4 is 4.72 Å². The number of aromatic carboxylic acids is 1. The van der Waals surface area contributed by atoms with Gasteiger partial charge < -0.3 is 5.11 Å². The van der Waals surface area contributed by atoms with E-state index < -0.39 is 10.9 Å². The van der Waals surface area contributed by atoms with Gasteiger partial charge in [0.1, 0.15) is 4.90 Å². The molecule has 0 spiro atoms. The van der Waals surface area contributed by atoms with Gasteiger partial charge in [0.15, 0.2) is 0 Å². The van der Waals surface area contributed by atoms with E-state index in [4.69, 9.17) is 5.11 Å². The van der Waals surface area contributed by atoms with Gasteiger partial charge in [0.05, 0.1) is 10.5 Å². The second kappa shape index (κ2) is 6.87. The van der Waals surface area contributed by atoms with Gasteiger partial charge >= 0.3 is 5.97 Å². The SMILES string of the molecule is O=C(O)c1cccc(CNSc2ccccc2[N+](=O)[O-])c1. The molecule has 0 aliphatic carbocycles. The third-order valence-electron chi connectivity index (χ3n) is 2.69. The summed E-state index contributed by atoms with van der Waals surface area (Å²) in [5.74, 6) is -0.983. The maximum absolute atomic E-state index is 10.9. The van der Waals surface area contributed by atoms with Crippen LogP contribution in [0.15, 0.2) is 53.4 Å². The summed E-state index contributed by atoms with van der Waals surface area (Å²) >= 11 is 1.15. The Labute approximate surface area is 125 Å². The first-order valence-corrected chi connectivity index (χ1v) is 6.85. The van der Waals surface area contributed by atoms with Crippen LogP contribution in [0.5, 0.6) is 0 Å². The van der Waals surface area contributed by atoms with E-state index in [2.05, 4.69) is 4.72 Å². The lowest BCUT2D eigenvalue weighted by molar-refractivity contribution is -0.387. The first-order valence-electron chi connectivity index (χ1n) is 6.03. The number of para-hydroxylation sites is 1. The van der Waals surface area contributed by atoms with E-state index in [0.717, 1.165) is 17.5 Å². The van der Waals surface area contributed by atoms with E-state index in [1.54, 1.807) is 36.4 Å². The minimum atomic E-state index is -0.983. The van der Waals surface area contributed by atoms with Gasteiger partial charge in [-0.3, -0.25) is 14.8 Å². The second-order valence-corrected chi connectivity index (χ2v) is 5.09. The fourth-order valence-electron chi connectivity index (χ4n) is 1.71. The molecule has 0 aromatic heterocycles. The second-order valence-electron chi connectivity index (χ2n) is 4.15. The van der Waals surface area contributed by atoms with E-state index in [9.17, 15) is 14.9 Å². The van der Waals surface area contributed by atoms with Crippen molar-refractivity contribution in [3.8, 4) is 0 Å². The fourth-order valence-corrected chi connectivity index (χ4v) is 2.49. The van der Waals surface area contributed by atoms with E-state index in [1.807, 2.05) is 0 Å². The molecule has 0 atom stereocenters. The van der Waals surface area contributed by atoms with Crippen LogP contribution in [0.3, 0.4) is 0 Å². The number of benzene rings is 2. The Kier molecular flexibility index (Phi) is 4.91. The van der Waals surface area contributed by atoms with Crippen molar-refractivity contribution in [1.29, 1.82) is 0 Å². The van der Waals surface area contributed by atoms with Crippen LogP contribution in [0.4, 0.5) is 5.69 Å². The lowest BCUT2D eigenvalue weighted by atomic mass is 10.1. The monoisotopic (exact) mass is 304 g/mol. The van der Waals surface area contributed by atoms with E-state index in [1.165, 1.54) is 12.1 Å². The molecule has 0 saturated carbocycles. The van der Waals surface area contributed by atoms with Crippen LogP contribution in [-0.2, 0) is 6.54 Å². The lowest BCUT2D eigenvalue weighted by Crippen LogP contribution is -2.05. The van der Waals surface area contributed by atoms with Gasteiger partial charge in [-0.2, -0.15) is 0 Å². The Morgan fingerprint density at radius 2 is 2.00 bits per heavy atom. The van der Waals surface area contributed by atoms with Crippen molar-refractivity contribution in [2.75, 3.05) is 0 Å². The van der Waals surface area contributed by atoms with Crippen molar-refractivity contribution in [2.24, 2.45) is 0 Å². The van der Waals surface area contributed by atoms with Gasteiger partial charge in [-0.15, -0.1) is 0 Å². The number of nitro groups is 1. The largest absolute Gasteiger partial charge is 0.478 e. The highest BCUT2D eigenvalue weighted by atomic mass is 32.2. The average Bonchev–Trinajstić information content (AvgIpc) is 2.48. The average molecular weight is 304 g/mol. The normalized spacial score (nSPS) is 10.3. The smallest absolute Gasteiger partial charge is 0.335 e. The van der Waals surface area contributed by atoms with Crippen molar-refractivity contribution in [1.82, 2.24) is 4.72 Å². The van der Waals surface area contributed by atoms with Gasteiger partial charge in [0.25, 0.3) is 5.69 Å². The van der Waals surface area contributed by atoms with Crippen molar-refractivity contribution in [3.63, 3.8) is 0 Å². The number of nitro benzene ring substituents is 1. The minimum absolute atomic E-state index is 0.0364. The van der Waals surface area contributed by atoms with Crippen molar-refractivity contribution in [3.05, 3.63) is 69.8 Å². The molecule has 0 saturated heterocycles. The molecule has 0 fully saturated rings. The van der Waals surface area contributed by atoms with Crippen LogP contribution in [0.1, 0.15) is 15.9 Å². The molecular weight excluding hydrogens is 292 g/mol. The Morgan fingerprint density at radius 3 is 2.71 bits per heavy atom. The first-order chi connectivity index (χ1) is 10.1. The summed E-state index contributed by atoms with van der Waals surface area (Å²) in [6.45, 7) is 0.401. The van der Waals surface area contributed by atoms with Crippen molar-refractivity contribution in [2.45, 2.75) is 11.4 Å². The van der Waals surface area contributed by atoms with Gasteiger partial charge in [0, 0.05) is 12.6 Å². The molecule has 0 amide bonds. The molecule has 7 heteroatoms. The number of hydrogen-bond donors (Lipinski definition) is 2. The van der Waals surface area contributed by atoms with Crippen LogP contribution in [0, 0.1) is 10.1 Å². The van der Waals surface area contributed by atoms with Gasteiger partial charge in [0.2, 0.25) is 0 Å². The highest BCUT2D eigenvalue weighted by Crippen LogP contribution is 2.26. The Bertz CT molecular complexity index is 676. The van der Waals surface area contributed by atoms with Gasteiger partial charge in [-0.25, -0.2) is 4.79 Å². The maximum Gasteiger partial charge on any atom is 0.335 e. The predicted octanol–water partition coefficient (Wildman–Crippen LogP) is 3.09. The third-order valence-corrected chi connectivity index (χ3v) is 3.55. The zero-order valence-corrected chi connectivity index (χ0v) is 11.7. The number of nitrogens with one attached hydrogen (secondary N) is 1. The van der Waals surface area contributed by atoms with Crippen LogP contribution >= 0.6 is 11.9 Å². The van der Waals surface area contributed by atoms with Crippen LogP contribution in [0.25, 0.3) is 0 Å². The zero-order valence-electron chi connectivity index (χ0n) is 10.9. The lowest BCUT2D eigenvalue weighted by Gasteiger charge is -2.05. The van der Waals surface area contributed by atoms with E-state index in [0.29, 0.717) is 11.4 Å². The molecule has 0 unspecified atom stereocenters. The number of hydrogen-bond acceptors (Lipinski definition) is 5. The molecule has 2 aromatic rings. The van der Waals surface area contributed by atoms with E-state index >= 15 is 0 Å². The molecular formula is C14H12N2O4S. The topological polar surface area (TPSA) is 92.5 Å². The molecule has 0 radical (unpaired) electrons. The van der Waals surface area contributed by atoms with Gasteiger partial charge in [-0.05, 0) is 35.7 Å². The van der Waals surface area contributed by atoms with Crippen LogP contribution in [-0.4, -0.2) is 16.0 Å². The molecule has 21 heavy (non-hydrogen) atoms. The summed E-state index contributed by atoms with van der Waals surface area (Å²) in [5, 5.41) is 19.8. The third kappa shape index (κ3) is 4.04. The summed E-state index contributed by atoms with van der Waals surface area (Å²) in [7, 11) is 0. The van der Waals surface area contributed by atoms with Crippen LogP contribution in [0.2, 0.25) is 0 Å². The zero-order chi connectivity index (χ0) is 15.2. The quantitative estimate of drug-likeness (QED) is 0.484. The predicted molar refractivity (Wildman–Crippen MR) is 79.2 cm³/mol. The van der Waals surface area contributed by atoms with Crippen molar-refractivity contribution < 1.29 is 14.8 Å². The highest BCUT2D eigenvalue weighted by Gasteiger charge is 2.12. The molecule has 2 rings (SSSR count).